The quantitative estimate of drug-likeness (QED) is 0.535. The average molecular weight is 398 g/mol. The van der Waals surface area contributed by atoms with Crippen molar-refractivity contribution in [2.24, 2.45) is 0 Å². The van der Waals surface area contributed by atoms with Crippen LogP contribution in [0.1, 0.15) is 24.2 Å². The first-order valence-electron chi connectivity index (χ1n) is 8.67. The molecule has 3 aromatic heterocycles. The zero-order chi connectivity index (χ0) is 19.8. The van der Waals surface area contributed by atoms with E-state index in [1.807, 2.05) is 6.92 Å². The normalized spacial score (nSPS) is 12.3. The summed E-state index contributed by atoms with van der Waals surface area (Å²) in [5.74, 6) is -0.464. The van der Waals surface area contributed by atoms with Crippen LogP contribution in [0.2, 0.25) is 5.02 Å². The molecular weight excluding hydrogens is 381 g/mol. The number of nitrogens with zero attached hydrogens (tertiary/aromatic N) is 3. The SMILES string of the molecule is Cc1cn(-c2ccnc(NC(C)c3cc4cc(Cl)ccc4[nH]c3=O)c2F)cn1. The molecule has 0 saturated heterocycles. The van der Waals surface area contributed by atoms with Crippen molar-refractivity contribution in [2.75, 3.05) is 5.32 Å². The Morgan fingerprint density at radius 1 is 1.25 bits per heavy atom. The number of rotatable bonds is 4. The minimum absolute atomic E-state index is 0.0574. The summed E-state index contributed by atoms with van der Waals surface area (Å²) in [5.41, 5.74) is 1.99. The number of halogens is 2. The molecule has 1 atom stereocenters. The van der Waals surface area contributed by atoms with Crippen molar-refractivity contribution in [1.82, 2.24) is 19.5 Å². The fraction of sp³-hybridized carbons (Fsp3) is 0.150. The van der Waals surface area contributed by atoms with Crippen LogP contribution in [0.4, 0.5) is 10.2 Å². The van der Waals surface area contributed by atoms with E-state index in [1.54, 1.807) is 54.3 Å². The van der Waals surface area contributed by atoms with Crippen LogP contribution in [0, 0.1) is 12.7 Å². The monoisotopic (exact) mass is 397 g/mol. The topological polar surface area (TPSA) is 75.6 Å². The number of H-pyrrole nitrogens is 1. The molecule has 8 heteroatoms. The first-order chi connectivity index (χ1) is 13.4. The largest absolute Gasteiger partial charge is 0.361 e. The maximum Gasteiger partial charge on any atom is 0.253 e. The van der Waals surface area contributed by atoms with Gasteiger partial charge in [-0.05, 0) is 44.2 Å². The molecule has 0 amide bonds. The van der Waals surface area contributed by atoms with Gasteiger partial charge in [-0.15, -0.1) is 0 Å². The Labute approximate surface area is 165 Å². The Bertz CT molecular complexity index is 1230. The molecule has 4 rings (SSSR count). The van der Waals surface area contributed by atoms with E-state index in [0.29, 0.717) is 21.8 Å². The average Bonchev–Trinajstić information content (AvgIpc) is 3.09. The Hall–Kier alpha value is -3.19. The molecule has 4 aromatic rings. The van der Waals surface area contributed by atoms with E-state index in [2.05, 4.69) is 20.3 Å². The molecule has 0 fully saturated rings. The molecule has 2 N–H and O–H groups in total. The molecule has 0 aliphatic carbocycles. The predicted octanol–water partition coefficient (Wildman–Crippen LogP) is 4.38. The van der Waals surface area contributed by atoms with Crippen LogP contribution in [0.5, 0.6) is 0 Å². The highest BCUT2D eigenvalue weighted by molar-refractivity contribution is 6.31. The maximum atomic E-state index is 15.0. The van der Waals surface area contributed by atoms with Crippen molar-refractivity contribution in [3.63, 3.8) is 0 Å². The van der Waals surface area contributed by atoms with Gasteiger partial charge in [0.1, 0.15) is 0 Å². The number of aromatic amines is 1. The van der Waals surface area contributed by atoms with Gasteiger partial charge < -0.3 is 14.9 Å². The van der Waals surface area contributed by atoms with E-state index in [1.165, 1.54) is 6.20 Å². The van der Waals surface area contributed by atoms with Gasteiger partial charge in [-0.2, -0.15) is 0 Å². The maximum absolute atomic E-state index is 15.0. The fourth-order valence-corrected chi connectivity index (χ4v) is 3.27. The van der Waals surface area contributed by atoms with Crippen LogP contribution in [0.3, 0.4) is 0 Å². The molecule has 0 radical (unpaired) electrons. The number of imidazole rings is 1. The zero-order valence-electron chi connectivity index (χ0n) is 15.2. The van der Waals surface area contributed by atoms with Gasteiger partial charge in [-0.3, -0.25) is 4.79 Å². The van der Waals surface area contributed by atoms with Crippen molar-refractivity contribution in [1.29, 1.82) is 0 Å². The number of anilines is 1. The van der Waals surface area contributed by atoms with Crippen LogP contribution in [0.15, 0.2) is 53.8 Å². The summed E-state index contributed by atoms with van der Waals surface area (Å²) < 4.78 is 16.6. The third-order valence-corrected chi connectivity index (χ3v) is 4.75. The molecule has 28 heavy (non-hydrogen) atoms. The number of aromatic nitrogens is 4. The second-order valence-electron chi connectivity index (χ2n) is 6.57. The minimum Gasteiger partial charge on any atom is -0.361 e. The van der Waals surface area contributed by atoms with Gasteiger partial charge >= 0.3 is 0 Å². The van der Waals surface area contributed by atoms with Gasteiger partial charge in [0, 0.05) is 33.9 Å². The summed E-state index contributed by atoms with van der Waals surface area (Å²) in [5, 5.41) is 4.36. The molecule has 1 aromatic carbocycles. The van der Waals surface area contributed by atoms with E-state index < -0.39 is 11.9 Å². The highest BCUT2D eigenvalue weighted by Crippen LogP contribution is 2.24. The number of fused-ring (bicyclic) bond motifs is 1. The van der Waals surface area contributed by atoms with E-state index >= 15 is 0 Å². The van der Waals surface area contributed by atoms with Crippen molar-refractivity contribution >= 4 is 28.3 Å². The summed E-state index contributed by atoms with van der Waals surface area (Å²) in [7, 11) is 0. The Kier molecular flexibility index (Phi) is 4.60. The molecule has 142 valence electrons. The van der Waals surface area contributed by atoms with Gasteiger partial charge in [-0.1, -0.05) is 11.6 Å². The standard InChI is InChI=1S/C20H17ClFN5O/c1-11-9-27(10-24-11)17-5-6-23-19(18(17)22)25-12(2)15-8-13-7-14(21)3-4-16(13)26-20(15)28/h3-10,12H,1-2H3,(H,23,25)(H,26,28). The lowest BCUT2D eigenvalue weighted by Gasteiger charge is -2.16. The van der Waals surface area contributed by atoms with Gasteiger partial charge in [0.2, 0.25) is 0 Å². The molecule has 3 heterocycles. The number of nitrogens with one attached hydrogen (secondary N) is 2. The first-order valence-corrected chi connectivity index (χ1v) is 9.04. The van der Waals surface area contributed by atoms with Crippen molar-refractivity contribution in [3.05, 3.63) is 81.5 Å². The van der Waals surface area contributed by atoms with E-state index in [-0.39, 0.29) is 11.4 Å². The first kappa shape index (κ1) is 18.2. The van der Waals surface area contributed by atoms with Crippen molar-refractivity contribution < 1.29 is 4.39 Å². The van der Waals surface area contributed by atoms with Gasteiger partial charge in [0.05, 0.1) is 23.8 Å². The van der Waals surface area contributed by atoms with E-state index in [4.69, 9.17) is 11.6 Å². The Balaban J connectivity index is 1.69. The van der Waals surface area contributed by atoms with Crippen molar-refractivity contribution in [3.8, 4) is 5.69 Å². The molecule has 0 aliphatic rings. The third kappa shape index (κ3) is 3.36. The van der Waals surface area contributed by atoms with Gasteiger partial charge in [-0.25, -0.2) is 14.4 Å². The molecule has 0 spiro atoms. The predicted molar refractivity (Wildman–Crippen MR) is 108 cm³/mol. The lowest BCUT2D eigenvalue weighted by Crippen LogP contribution is -2.20. The number of hydrogen-bond donors (Lipinski definition) is 2. The van der Waals surface area contributed by atoms with Crippen LogP contribution in [-0.4, -0.2) is 19.5 Å². The summed E-state index contributed by atoms with van der Waals surface area (Å²) in [6, 6.07) is 8.07. The fourth-order valence-electron chi connectivity index (χ4n) is 3.09. The second kappa shape index (κ2) is 7.09. The number of aryl methyl sites for hydroxylation is 1. The summed E-state index contributed by atoms with van der Waals surface area (Å²) in [4.78, 5) is 23.5. The van der Waals surface area contributed by atoms with Gasteiger partial charge in [0.15, 0.2) is 11.6 Å². The summed E-state index contributed by atoms with van der Waals surface area (Å²) in [6.45, 7) is 3.60. The number of hydrogen-bond acceptors (Lipinski definition) is 4. The smallest absolute Gasteiger partial charge is 0.253 e. The zero-order valence-corrected chi connectivity index (χ0v) is 16.0. The Morgan fingerprint density at radius 2 is 2.07 bits per heavy atom. The number of benzene rings is 1. The van der Waals surface area contributed by atoms with Crippen molar-refractivity contribution in [2.45, 2.75) is 19.9 Å². The highest BCUT2D eigenvalue weighted by Gasteiger charge is 2.17. The minimum atomic E-state index is -0.521. The molecular formula is C20H17ClFN5O. The Morgan fingerprint density at radius 3 is 2.82 bits per heavy atom. The lowest BCUT2D eigenvalue weighted by atomic mass is 10.1. The van der Waals surface area contributed by atoms with E-state index in [0.717, 1.165) is 11.1 Å². The van der Waals surface area contributed by atoms with Crippen LogP contribution < -0.4 is 10.9 Å². The lowest BCUT2D eigenvalue weighted by molar-refractivity contribution is 0.611. The molecule has 1 unspecified atom stereocenters. The van der Waals surface area contributed by atoms with E-state index in [9.17, 15) is 9.18 Å². The highest BCUT2D eigenvalue weighted by atomic mass is 35.5. The number of pyridine rings is 2. The van der Waals surface area contributed by atoms with Gasteiger partial charge in [0.25, 0.3) is 5.56 Å². The molecule has 0 bridgehead atoms. The molecule has 0 aliphatic heterocycles. The van der Waals surface area contributed by atoms with Crippen LogP contribution in [-0.2, 0) is 0 Å². The third-order valence-electron chi connectivity index (χ3n) is 4.51. The second-order valence-corrected chi connectivity index (χ2v) is 7.00. The molecule has 6 nitrogen and oxygen atoms in total. The molecule has 0 saturated carbocycles. The summed E-state index contributed by atoms with van der Waals surface area (Å²) >= 11 is 6.04. The van der Waals surface area contributed by atoms with Crippen LogP contribution in [0.25, 0.3) is 16.6 Å². The van der Waals surface area contributed by atoms with Crippen LogP contribution >= 0.6 is 11.6 Å². The summed E-state index contributed by atoms with van der Waals surface area (Å²) in [6.07, 6.45) is 4.77.